The lowest BCUT2D eigenvalue weighted by Crippen LogP contribution is -2.32. The number of nitro benzene ring substituents is 2. The van der Waals surface area contributed by atoms with Crippen LogP contribution in [0.25, 0.3) is 0 Å². The second kappa shape index (κ2) is 9.94. The van der Waals surface area contributed by atoms with Crippen molar-refractivity contribution in [1.82, 2.24) is 5.32 Å². The molecular formula is C13H18BBrN4O6. The van der Waals surface area contributed by atoms with Gasteiger partial charge in [-0.25, -0.2) is 0 Å². The molecule has 0 aliphatic rings. The Morgan fingerprint density at radius 3 is 2.44 bits per heavy atom. The Labute approximate surface area is 153 Å². The topological polar surface area (TPSA) is 139 Å². The molecule has 0 saturated heterocycles. The molecule has 12 heteroatoms. The van der Waals surface area contributed by atoms with E-state index in [0.29, 0.717) is 24.7 Å². The van der Waals surface area contributed by atoms with E-state index < -0.39 is 27.1 Å². The number of alkyl halides is 1. The molecule has 0 fully saturated rings. The highest BCUT2D eigenvalue weighted by Gasteiger charge is 2.30. The van der Waals surface area contributed by atoms with Gasteiger partial charge in [-0.2, -0.15) is 0 Å². The average molecular weight is 417 g/mol. The summed E-state index contributed by atoms with van der Waals surface area (Å²) in [7, 11) is 1.88. The minimum absolute atomic E-state index is 0.0346. The van der Waals surface area contributed by atoms with Gasteiger partial charge in [0.05, 0.1) is 28.1 Å². The Balaban J connectivity index is 3.63. The van der Waals surface area contributed by atoms with Crippen molar-refractivity contribution in [3.63, 3.8) is 0 Å². The van der Waals surface area contributed by atoms with E-state index in [1.165, 1.54) is 0 Å². The molecule has 0 aliphatic heterocycles. The quantitative estimate of drug-likeness (QED) is 0.244. The number of rotatable bonds is 10. The van der Waals surface area contributed by atoms with Gasteiger partial charge in [0.2, 0.25) is 0 Å². The molecule has 0 bridgehead atoms. The van der Waals surface area contributed by atoms with Gasteiger partial charge < -0.3 is 15.3 Å². The summed E-state index contributed by atoms with van der Waals surface area (Å²) in [5.74, 6) is -0.716. The molecule has 10 nitrogen and oxygen atoms in total. The van der Waals surface area contributed by atoms with Crippen LogP contribution < -0.4 is 10.2 Å². The van der Waals surface area contributed by atoms with Crippen LogP contribution in [0.3, 0.4) is 0 Å². The molecule has 0 radical (unpaired) electrons. The van der Waals surface area contributed by atoms with E-state index >= 15 is 0 Å². The largest absolute Gasteiger partial charge is 0.395 e. The number of anilines is 1. The average Bonchev–Trinajstić information content (AvgIpc) is 2.58. The summed E-state index contributed by atoms with van der Waals surface area (Å²) in [6, 6.07) is 1.88. The van der Waals surface area contributed by atoms with Crippen molar-refractivity contribution in [2.24, 2.45) is 0 Å². The van der Waals surface area contributed by atoms with Crippen LogP contribution in [0.4, 0.5) is 17.1 Å². The molecule has 1 amide bonds. The van der Waals surface area contributed by atoms with Crippen LogP contribution in [-0.4, -0.2) is 60.3 Å². The van der Waals surface area contributed by atoms with Gasteiger partial charge in [0.1, 0.15) is 13.5 Å². The number of hydrogen-bond acceptors (Lipinski definition) is 7. The summed E-state index contributed by atoms with van der Waals surface area (Å²) >= 11 is 3.27. The second-order valence-electron chi connectivity index (χ2n) is 5.03. The maximum absolute atomic E-state index is 12.4. The summed E-state index contributed by atoms with van der Waals surface area (Å²) in [6.45, 7) is 0.427. The molecule has 0 spiro atoms. The number of amides is 1. The van der Waals surface area contributed by atoms with Crippen LogP contribution >= 0.6 is 15.9 Å². The fourth-order valence-electron chi connectivity index (χ4n) is 2.33. The van der Waals surface area contributed by atoms with Gasteiger partial charge in [0.15, 0.2) is 0 Å². The summed E-state index contributed by atoms with van der Waals surface area (Å²) in [6.07, 6.45) is 0.666. The zero-order chi connectivity index (χ0) is 19.0. The number of hydrogen-bond donors (Lipinski definition) is 2. The highest BCUT2D eigenvalue weighted by atomic mass is 79.9. The fourth-order valence-corrected chi connectivity index (χ4v) is 2.75. The predicted octanol–water partition coefficient (Wildman–Crippen LogP) is 0.478. The lowest BCUT2D eigenvalue weighted by Gasteiger charge is -2.25. The van der Waals surface area contributed by atoms with Crippen molar-refractivity contribution in [1.29, 1.82) is 0 Å². The first kappa shape index (κ1) is 20.8. The van der Waals surface area contributed by atoms with E-state index in [4.69, 9.17) is 5.11 Å². The van der Waals surface area contributed by atoms with Gasteiger partial charge in [-0.05, 0) is 0 Å². The summed E-state index contributed by atoms with van der Waals surface area (Å²) in [4.78, 5) is 35.1. The number of non-ortho nitro benzene ring substituents is 1. The Morgan fingerprint density at radius 1 is 1.28 bits per heavy atom. The van der Waals surface area contributed by atoms with Crippen LogP contribution in [0, 0.1) is 20.2 Å². The first-order valence-electron chi connectivity index (χ1n) is 7.54. The van der Waals surface area contributed by atoms with Gasteiger partial charge in [-0.3, -0.25) is 25.0 Å². The van der Waals surface area contributed by atoms with Gasteiger partial charge in [-0.15, -0.1) is 0 Å². The number of aliphatic hydroxyl groups excluding tert-OH is 1. The molecule has 0 atom stereocenters. The summed E-state index contributed by atoms with van der Waals surface area (Å²) in [5.41, 5.74) is -1.17. The van der Waals surface area contributed by atoms with Crippen molar-refractivity contribution in [2.45, 2.75) is 6.32 Å². The molecule has 0 aromatic heterocycles. The minimum Gasteiger partial charge on any atom is -0.395 e. The molecule has 0 unspecified atom stereocenters. The molecule has 136 valence electrons. The van der Waals surface area contributed by atoms with E-state index in [2.05, 4.69) is 21.2 Å². The van der Waals surface area contributed by atoms with Crippen LogP contribution in [0.15, 0.2) is 12.1 Å². The number of carbonyl (C=O) groups excluding carboxylic acids is 1. The predicted molar refractivity (Wildman–Crippen MR) is 98.5 cm³/mol. The van der Waals surface area contributed by atoms with Gasteiger partial charge in [0, 0.05) is 31.0 Å². The van der Waals surface area contributed by atoms with Crippen LogP contribution in [0.1, 0.15) is 10.4 Å². The monoisotopic (exact) mass is 416 g/mol. The lowest BCUT2D eigenvalue weighted by molar-refractivity contribution is -0.393. The molecule has 1 aromatic carbocycles. The number of nitrogens with zero attached hydrogens (tertiary/aromatic N) is 3. The summed E-state index contributed by atoms with van der Waals surface area (Å²) < 4.78 is 0. The second-order valence-corrected chi connectivity index (χ2v) is 5.82. The standard InChI is InChI=1S/C13H18BBrN4O6/c14-1-4-17(5-2-15)12-10(13(21)16-3-6-20)7-9(18(22)23)8-11(12)19(24)25/h7-8,20H,1-6,14H2,(H,16,21). The maximum atomic E-state index is 12.4. The Hall–Kier alpha value is -2.21. The zero-order valence-electron chi connectivity index (χ0n) is 13.6. The summed E-state index contributed by atoms with van der Waals surface area (Å²) in [5, 5.41) is 34.3. The van der Waals surface area contributed by atoms with Crippen LogP contribution in [0.2, 0.25) is 6.32 Å². The molecule has 1 rings (SSSR count). The van der Waals surface area contributed by atoms with Crippen molar-refractivity contribution in [3.05, 3.63) is 37.9 Å². The third-order valence-corrected chi connectivity index (χ3v) is 3.64. The third-order valence-electron chi connectivity index (χ3n) is 3.29. The number of nitrogens with one attached hydrogen (secondary N) is 1. The first-order chi connectivity index (χ1) is 11.9. The van der Waals surface area contributed by atoms with E-state index in [0.717, 1.165) is 12.1 Å². The van der Waals surface area contributed by atoms with Crippen LogP contribution in [-0.2, 0) is 0 Å². The number of nitro groups is 2. The number of aliphatic hydroxyl groups is 1. The normalized spacial score (nSPS) is 10.3. The third kappa shape index (κ3) is 5.39. The van der Waals surface area contributed by atoms with Crippen molar-refractivity contribution >= 4 is 46.7 Å². The van der Waals surface area contributed by atoms with Crippen molar-refractivity contribution in [3.8, 4) is 0 Å². The van der Waals surface area contributed by atoms with E-state index in [9.17, 15) is 25.0 Å². The van der Waals surface area contributed by atoms with Gasteiger partial charge in [0.25, 0.3) is 17.3 Å². The first-order valence-corrected chi connectivity index (χ1v) is 8.66. The highest BCUT2D eigenvalue weighted by molar-refractivity contribution is 9.09. The van der Waals surface area contributed by atoms with Crippen molar-refractivity contribution < 1.29 is 19.7 Å². The molecular weight excluding hydrogens is 399 g/mol. The number of halogens is 1. The van der Waals surface area contributed by atoms with E-state index in [1.54, 1.807) is 4.90 Å². The highest BCUT2D eigenvalue weighted by Crippen LogP contribution is 2.36. The fraction of sp³-hybridized carbons (Fsp3) is 0.462. The molecule has 2 N–H and O–H groups in total. The smallest absolute Gasteiger partial charge is 0.300 e. The maximum Gasteiger partial charge on any atom is 0.300 e. The molecule has 0 heterocycles. The van der Waals surface area contributed by atoms with E-state index in [-0.39, 0.29) is 24.4 Å². The van der Waals surface area contributed by atoms with Crippen LogP contribution in [0.5, 0.6) is 0 Å². The Bertz CT molecular complexity index is 654. The molecule has 0 saturated carbocycles. The molecule has 25 heavy (non-hydrogen) atoms. The number of carbonyl (C=O) groups is 1. The Kier molecular flexibility index (Phi) is 8.28. The zero-order valence-corrected chi connectivity index (χ0v) is 15.2. The lowest BCUT2D eigenvalue weighted by atomic mass is 10.0. The van der Waals surface area contributed by atoms with Crippen molar-refractivity contribution in [2.75, 3.05) is 36.5 Å². The molecule has 0 aliphatic carbocycles. The minimum atomic E-state index is -0.783. The van der Waals surface area contributed by atoms with Gasteiger partial charge in [-0.1, -0.05) is 22.3 Å². The van der Waals surface area contributed by atoms with Gasteiger partial charge >= 0.3 is 0 Å². The SMILES string of the molecule is BCCN(CCBr)c1c(C(=O)NCCO)cc([N+](=O)[O-])cc1[N+](=O)[O-]. The van der Waals surface area contributed by atoms with E-state index in [1.807, 2.05) is 7.85 Å². The molecule has 1 aromatic rings. The number of benzene rings is 1. The Morgan fingerprint density at radius 2 is 1.96 bits per heavy atom.